The molecule has 0 aliphatic rings. The molecule has 0 aliphatic heterocycles. The van der Waals surface area contributed by atoms with Crippen LogP contribution in [0.25, 0.3) is 0 Å². The second kappa shape index (κ2) is 13.9. The molecule has 4 amide bonds. The third kappa shape index (κ3) is 12.8. The maximum Gasteiger partial charge on any atom is 0.326 e. The molecule has 0 heterocycles. The molecule has 0 saturated heterocycles. The Labute approximate surface area is 179 Å². The molecule has 0 saturated carbocycles. The third-order valence-electron chi connectivity index (χ3n) is 4.08. The molecule has 0 radical (unpaired) electrons. The number of carboxylic acid groups (broad SMARTS) is 2. The van der Waals surface area contributed by atoms with Crippen LogP contribution in [-0.2, 0) is 28.8 Å². The quantitative estimate of drug-likeness (QED) is 0.143. The summed E-state index contributed by atoms with van der Waals surface area (Å²) in [6.45, 7) is 3.07. The summed E-state index contributed by atoms with van der Waals surface area (Å²) in [5.41, 5.74) is 10.5. The highest BCUT2D eigenvalue weighted by Gasteiger charge is 2.27. The number of rotatable bonds is 15. The van der Waals surface area contributed by atoms with Gasteiger partial charge in [0.15, 0.2) is 0 Å². The molecule has 0 bridgehead atoms. The van der Waals surface area contributed by atoms with Gasteiger partial charge in [0.1, 0.15) is 12.1 Å². The van der Waals surface area contributed by atoms with Crippen molar-refractivity contribution >= 4 is 35.6 Å². The smallest absolute Gasteiger partial charge is 0.326 e. The highest BCUT2D eigenvalue weighted by atomic mass is 16.4. The van der Waals surface area contributed by atoms with Gasteiger partial charge < -0.3 is 37.6 Å². The summed E-state index contributed by atoms with van der Waals surface area (Å²) in [7, 11) is 0. The van der Waals surface area contributed by atoms with Gasteiger partial charge in [0.25, 0.3) is 0 Å². The van der Waals surface area contributed by atoms with E-state index >= 15 is 0 Å². The minimum absolute atomic E-state index is 0.0380. The van der Waals surface area contributed by atoms with E-state index in [-0.39, 0.29) is 38.0 Å². The van der Waals surface area contributed by atoms with Gasteiger partial charge in [-0.3, -0.25) is 24.0 Å². The molecule has 176 valence electrons. The number of carbonyl (C=O) groups excluding carboxylic acids is 4. The van der Waals surface area contributed by atoms with Crippen LogP contribution in [0, 0.1) is 5.92 Å². The first-order chi connectivity index (χ1) is 14.3. The van der Waals surface area contributed by atoms with Crippen molar-refractivity contribution in [3.8, 4) is 0 Å². The lowest BCUT2D eigenvalue weighted by molar-refractivity contribution is -0.142. The van der Waals surface area contributed by atoms with Crippen molar-refractivity contribution in [3.05, 3.63) is 0 Å². The third-order valence-corrected chi connectivity index (χ3v) is 4.08. The molecule has 13 heteroatoms. The second-order valence-corrected chi connectivity index (χ2v) is 7.41. The van der Waals surface area contributed by atoms with E-state index in [1.807, 2.05) is 0 Å². The van der Waals surface area contributed by atoms with E-state index in [0.717, 1.165) is 0 Å². The van der Waals surface area contributed by atoms with Gasteiger partial charge in [0, 0.05) is 12.8 Å². The van der Waals surface area contributed by atoms with Gasteiger partial charge in [0.2, 0.25) is 23.6 Å². The van der Waals surface area contributed by atoms with Crippen LogP contribution >= 0.6 is 0 Å². The summed E-state index contributed by atoms with van der Waals surface area (Å²) >= 11 is 0. The average Bonchev–Trinajstić information content (AvgIpc) is 2.65. The van der Waals surface area contributed by atoms with E-state index in [4.69, 9.17) is 16.6 Å². The maximum absolute atomic E-state index is 12.5. The van der Waals surface area contributed by atoms with Crippen LogP contribution < -0.4 is 27.4 Å². The summed E-state index contributed by atoms with van der Waals surface area (Å²) in [6.07, 6.45) is -0.678. The Morgan fingerprint density at radius 3 is 1.97 bits per heavy atom. The highest BCUT2D eigenvalue weighted by Crippen LogP contribution is 2.07. The van der Waals surface area contributed by atoms with Gasteiger partial charge in [-0.15, -0.1) is 0 Å². The first kappa shape index (κ1) is 27.8. The van der Waals surface area contributed by atoms with E-state index in [2.05, 4.69) is 16.0 Å². The number of nitrogens with one attached hydrogen (secondary N) is 3. The Morgan fingerprint density at radius 1 is 0.871 bits per heavy atom. The molecule has 0 aliphatic carbocycles. The number of nitrogens with two attached hydrogens (primary N) is 2. The van der Waals surface area contributed by atoms with E-state index < -0.39 is 60.2 Å². The van der Waals surface area contributed by atoms with Gasteiger partial charge in [-0.2, -0.15) is 0 Å². The predicted molar refractivity (Wildman–Crippen MR) is 107 cm³/mol. The number of aliphatic carboxylic acids is 2. The SMILES string of the molecule is CC(C)CC(NC(=O)CNC(=O)C(N)CCC(=O)O)C(=O)NC(CCC(N)=O)C(=O)O. The summed E-state index contributed by atoms with van der Waals surface area (Å²) < 4.78 is 0. The van der Waals surface area contributed by atoms with Gasteiger partial charge in [-0.1, -0.05) is 13.8 Å². The molecule has 13 nitrogen and oxygen atoms in total. The summed E-state index contributed by atoms with van der Waals surface area (Å²) in [4.78, 5) is 69.1. The lowest BCUT2D eigenvalue weighted by atomic mass is 10.0. The van der Waals surface area contributed by atoms with Gasteiger partial charge in [-0.25, -0.2) is 4.79 Å². The van der Waals surface area contributed by atoms with Crippen molar-refractivity contribution in [2.45, 2.75) is 64.1 Å². The number of carboxylic acids is 2. The molecule has 0 aromatic rings. The fourth-order valence-corrected chi connectivity index (χ4v) is 2.47. The van der Waals surface area contributed by atoms with Gasteiger partial charge >= 0.3 is 11.9 Å². The van der Waals surface area contributed by atoms with Crippen molar-refractivity contribution in [3.63, 3.8) is 0 Å². The topological polar surface area (TPSA) is 231 Å². The van der Waals surface area contributed by atoms with Crippen LogP contribution in [0.5, 0.6) is 0 Å². The highest BCUT2D eigenvalue weighted by molar-refractivity contribution is 5.92. The monoisotopic (exact) mass is 445 g/mol. The van der Waals surface area contributed by atoms with E-state index in [1.54, 1.807) is 13.8 Å². The van der Waals surface area contributed by atoms with Crippen LogP contribution in [0.4, 0.5) is 0 Å². The largest absolute Gasteiger partial charge is 0.481 e. The Morgan fingerprint density at radius 2 is 1.48 bits per heavy atom. The van der Waals surface area contributed by atoms with Crippen LogP contribution in [0.3, 0.4) is 0 Å². The lowest BCUT2D eigenvalue weighted by Crippen LogP contribution is -2.54. The number of amides is 4. The fraction of sp³-hybridized carbons (Fsp3) is 0.667. The zero-order chi connectivity index (χ0) is 24.1. The number of hydrogen-bond donors (Lipinski definition) is 7. The van der Waals surface area contributed by atoms with E-state index in [0.29, 0.717) is 0 Å². The molecule has 0 rings (SSSR count). The molecule has 0 aromatic heterocycles. The normalized spacial score (nSPS) is 13.5. The fourth-order valence-electron chi connectivity index (χ4n) is 2.47. The average molecular weight is 445 g/mol. The van der Waals surface area contributed by atoms with Crippen LogP contribution in [0.15, 0.2) is 0 Å². The number of carbonyl (C=O) groups is 6. The zero-order valence-electron chi connectivity index (χ0n) is 17.6. The molecule has 31 heavy (non-hydrogen) atoms. The predicted octanol–water partition coefficient (Wildman–Crippen LogP) is -2.34. The molecule has 0 spiro atoms. The minimum atomic E-state index is -1.36. The van der Waals surface area contributed by atoms with Crippen molar-refractivity contribution in [1.82, 2.24) is 16.0 Å². The Balaban J connectivity index is 4.88. The summed E-state index contributed by atoms with van der Waals surface area (Å²) in [6, 6.07) is -3.56. The van der Waals surface area contributed by atoms with E-state index in [1.165, 1.54) is 0 Å². The number of primary amides is 1. The second-order valence-electron chi connectivity index (χ2n) is 7.41. The Hall–Kier alpha value is -3.22. The lowest BCUT2D eigenvalue weighted by Gasteiger charge is -2.23. The Bertz CT molecular complexity index is 682. The molecule has 0 fully saturated rings. The van der Waals surface area contributed by atoms with Crippen LogP contribution in [0.2, 0.25) is 0 Å². The molecular formula is C18H31N5O8. The summed E-state index contributed by atoms with van der Waals surface area (Å²) in [5.74, 6) is -5.43. The van der Waals surface area contributed by atoms with Gasteiger partial charge in [-0.05, 0) is 25.2 Å². The van der Waals surface area contributed by atoms with Crippen LogP contribution in [-0.4, -0.2) is 70.5 Å². The molecule has 0 aromatic carbocycles. The van der Waals surface area contributed by atoms with Crippen molar-refractivity contribution in [1.29, 1.82) is 0 Å². The Kier molecular flexibility index (Phi) is 12.5. The first-order valence-corrected chi connectivity index (χ1v) is 9.69. The maximum atomic E-state index is 12.5. The van der Waals surface area contributed by atoms with Crippen LogP contribution in [0.1, 0.15) is 46.0 Å². The zero-order valence-corrected chi connectivity index (χ0v) is 17.6. The first-order valence-electron chi connectivity index (χ1n) is 9.69. The van der Waals surface area contributed by atoms with Crippen molar-refractivity contribution < 1.29 is 39.0 Å². The molecule has 3 unspecified atom stereocenters. The van der Waals surface area contributed by atoms with Crippen molar-refractivity contribution in [2.75, 3.05) is 6.54 Å². The standard InChI is InChI=1S/C18H31N5O8/c1-9(2)7-12(17(29)23-11(18(30)31)4-5-13(20)24)22-14(25)8-21-16(28)10(19)3-6-15(26)27/h9-12H,3-8,19H2,1-2H3,(H2,20,24)(H,21,28)(H,22,25)(H,23,29)(H,26,27)(H,30,31). The number of hydrogen-bond acceptors (Lipinski definition) is 7. The molecular weight excluding hydrogens is 414 g/mol. The van der Waals surface area contributed by atoms with Gasteiger partial charge in [0.05, 0.1) is 12.6 Å². The van der Waals surface area contributed by atoms with Crippen molar-refractivity contribution in [2.24, 2.45) is 17.4 Å². The van der Waals surface area contributed by atoms with E-state index in [9.17, 15) is 33.9 Å². The molecule has 3 atom stereocenters. The minimum Gasteiger partial charge on any atom is -0.481 e. The molecule has 9 N–H and O–H groups in total. The summed E-state index contributed by atoms with van der Waals surface area (Å²) in [5, 5.41) is 24.7.